The maximum atomic E-state index is 15.0. The molecule has 0 radical (unpaired) electrons. The summed E-state index contributed by atoms with van der Waals surface area (Å²) in [6, 6.07) is 9.48. The van der Waals surface area contributed by atoms with Crippen molar-refractivity contribution in [2.45, 2.75) is 45.7 Å². The third-order valence-electron chi connectivity index (χ3n) is 7.32. The zero-order valence-corrected chi connectivity index (χ0v) is 20.7. The molecule has 36 heavy (non-hydrogen) atoms. The van der Waals surface area contributed by atoms with E-state index >= 15 is 0 Å². The van der Waals surface area contributed by atoms with Crippen molar-refractivity contribution < 1.29 is 13.5 Å². The fourth-order valence-electron chi connectivity index (χ4n) is 5.24. The minimum Gasteiger partial charge on any atom is -0.486 e. The molecule has 1 N–H and O–H groups in total. The van der Waals surface area contributed by atoms with Crippen LogP contribution in [0.1, 0.15) is 37.8 Å². The second kappa shape index (κ2) is 9.32. The fourth-order valence-corrected chi connectivity index (χ4v) is 5.24. The van der Waals surface area contributed by atoms with Crippen LogP contribution in [0, 0.1) is 17.6 Å². The fraction of sp³-hybridized carbons (Fsp3) is 0.429. The molecule has 0 amide bonds. The Morgan fingerprint density at radius 1 is 1.08 bits per heavy atom. The molecule has 1 saturated carbocycles. The smallest absolute Gasteiger partial charge is 0.227 e. The molecule has 1 fully saturated rings. The van der Waals surface area contributed by atoms with E-state index in [2.05, 4.69) is 37.2 Å². The van der Waals surface area contributed by atoms with E-state index in [0.29, 0.717) is 24.4 Å². The number of aromatic nitrogens is 2. The molecule has 0 atom stereocenters. The molecule has 1 aromatic heterocycles. The van der Waals surface area contributed by atoms with Crippen LogP contribution in [0.4, 0.5) is 26.1 Å². The van der Waals surface area contributed by atoms with Gasteiger partial charge in [-0.25, -0.2) is 18.7 Å². The minimum absolute atomic E-state index is 0.0529. The molecular formula is C28H31F2N5O. The van der Waals surface area contributed by atoms with Crippen molar-refractivity contribution in [3.63, 3.8) is 0 Å². The molecule has 2 aromatic carbocycles. The third kappa shape index (κ3) is 4.62. The third-order valence-corrected chi connectivity index (χ3v) is 7.32. The second-order valence-corrected chi connectivity index (χ2v) is 10.4. The van der Waals surface area contributed by atoms with Gasteiger partial charge in [-0.15, -0.1) is 0 Å². The van der Waals surface area contributed by atoms with Gasteiger partial charge in [-0.2, -0.15) is 0 Å². The molecule has 3 aromatic rings. The standard InChI is InChI=1S/C28H31F2N5O/c1-17(2)35-9-10-36-27-23(29)12-21(13-25(27)35)26-24(30)14-31-28(33-26)32-22-6-5-20-16-34(15-18-3-4-18)8-7-19(20)11-22/h5-6,11-14,17-18H,3-4,7-10,15-16H2,1-2H3,(H,31,32,33). The summed E-state index contributed by atoms with van der Waals surface area (Å²) in [6.07, 6.45) is 4.88. The Morgan fingerprint density at radius 2 is 1.94 bits per heavy atom. The lowest BCUT2D eigenvalue weighted by Crippen LogP contribution is -2.38. The van der Waals surface area contributed by atoms with Crippen molar-refractivity contribution >= 4 is 17.3 Å². The van der Waals surface area contributed by atoms with Crippen molar-refractivity contribution in [3.05, 3.63) is 59.3 Å². The first kappa shape index (κ1) is 23.2. The van der Waals surface area contributed by atoms with Crippen molar-refractivity contribution in [1.82, 2.24) is 14.9 Å². The summed E-state index contributed by atoms with van der Waals surface area (Å²) in [5.74, 6) is 0.241. The maximum Gasteiger partial charge on any atom is 0.227 e. The summed E-state index contributed by atoms with van der Waals surface area (Å²) in [5, 5.41) is 3.22. The number of anilines is 3. The molecule has 0 unspecified atom stereocenters. The van der Waals surface area contributed by atoms with Gasteiger partial charge >= 0.3 is 0 Å². The van der Waals surface area contributed by atoms with Crippen LogP contribution in [0.3, 0.4) is 0 Å². The molecular weight excluding hydrogens is 460 g/mol. The molecule has 3 aliphatic rings. The molecule has 0 bridgehead atoms. The normalized spacial score (nSPS) is 17.5. The number of hydrogen-bond donors (Lipinski definition) is 1. The topological polar surface area (TPSA) is 53.5 Å². The minimum atomic E-state index is -0.603. The average molecular weight is 492 g/mol. The molecule has 6 nitrogen and oxygen atoms in total. The van der Waals surface area contributed by atoms with Gasteiger partial charge in [-0.3, -0.25) is 4.90 Å². The van der Waals surface area contributed by atoms with E-state index in [-0.39, 0.29) is 23.4 Å². The molecule has 8 heteroatoms. The van der Waals surface area contributed by atoms with E-state index in [1.165, 1.54) is 36.6 Å². The van der Waals surface area contributed by atoms with Crippen LogP contribution in [-0.2, 0) is 13.0 Å². The van der Waals surface area contributed by atoms with Crippen LogP contribution < -0.4 is 15.0 Å². The van der Waals surface area contributed by atoms with E-state index in [0.717, 1.165) is 37.3 Å². The summed E-state index contributed by atoms with van der Waals surface area (Å²) in [7, 11) is 0. The summed E-state index contributed by atoms with van der Waals surface area (Å²) in [6.45, 7) is 8.40. The first-order chi connectivity index (χ1) is 17.4. The molecule has 0 spiro atoms. The van der Waals surface area contributed by atoms with E-state index in [4.69, 9.17) is 4.74 Å². The first-order valence-corrected chi connectivity index (χ1v) is 12.8. The second-order valence-electron chi connectivity index (χ2n) is 10.4. The van der Waals surface area contributed by atoms with Gasteiger partial charge in [-0.1, -0.05) is 6.07 Å². The number of halogens is 2. The summed E-state index contributed by atoms with van der Waals surface area (Å²) in [5.41, 5.74) is 4.56. The highest BCUT2D eigenvalue weighted by molar-refractivity contribution is 5.73. The Labute approximate surface area is 210 Å². The van der Waals surface area contributed by atoms with E-state index in [9.17, 15) is 8.78 Å². The maximum absolute atomic E-state index is 15.0. The number of benzene rings is 2. The Bertz CT molecular complexity index is 1290. The lowest BCUT2D eigenvalue weighted by atomic mass is 9.99. The number of nitrogens with zero attached hydrogens (tertiary/aromatic N) is 4. The van der Waals surface area contributed by atoms with Gasteiger partial charge in [0.15, 0.2) is 17.4 Å². The largest absolute Gasteiger partial charge is 0.486 e. The average Bonchev–Trinajstić information content (AvgIpc) is 3.69. The molecule has 188 valence electrons. The number of fused-ring (bicyclic) bond motifs is 2. The van der Waals surface area contributed by atoms with Gasteiger partial charge in [0.2, 0.25) is 5.95 Å². The summed E-state index contributed by atoms with van der Waals surface area (Å²) >= 11 is 0. The Morgan fingerprint density at radius 3 is 2.75 bits per heavy atom. The molecule has 1 aliphatic carbocycles. The number of ether oxygens (including phenoxy) is 1. The number of nitrogens with one attached hydrogen (secondary N) is 1. The Balaban J connectivity index is 1.25. The van der Waals surface area contributed by atoms with Gasteiger partial charge in [0.1, 0.15) is 12.3 Å². The van der Waals surface area contributed by atoms with Gasteiger partial charge in [-0.05, 0) is 74.4 Å². The Kier molecular flexibility index (Phi) is 5.99. The van der Waals surface area contributed by atoms with Crippen LogP contribution in [0.2, 0.25) is 0 Å². The lowest BCUT2D eigenvalue weighted by molar-refractivity contribution is 0.244. The van der Waals surface area contributed by atoms with Crippen LogP contribution in [0.15, 0.2) is 36.5 Å². The van der Waals surface area contributed by atoms with Crippen LogP contribution in [0.5, 0.6) is 5.75 Å². The van der Waals surface area contributed by atoms with E-state index < -0.39 is 11.6 Å². The van der Waals surface area contributed by atoms with Gasteiger partial charge < -0.3 is 15.0 Å². The van der Waals surface area contributed by atoms with Gasteiger partial charge in [0.25, 0.3) is 0 Å². The predicted octanol–water partition coefficient (Wildman–Crippen LogP) is 5.54. The Hall–Kier alpha value is -3.26. The SMILES string of the molecule is CC(C)N1CCOc2c(F)cc(-c3nc(Nc4ccc5c(c4)CCN(CC4CC4)C5)ncc3F)cc21. The predicted molar refractivity (Wildman–Crippen MR) is 137 cm³/mol. The van der Waals surface area contributed by atoms with E-state index in [1.54, 1.807) is 6.07 Å². The highest BCUT2D eigenvalue weighted by Gasteiger charge is 2.27. The zero-order chi connectivity index (χ0) is 24.8. The molecule has 0 saturated heterocycles. The highest BCUT2D eigenvalue weighted by atomic mass is 19.1. The van der Waals surface area contributed by atoms with Gasteiger partial charge in [0.05, 0.1) is 18.4 Å². The summed E-state index contributed by atoms with van der Waals surface area (Å²) in [4.78, 5) is 13.2. The zero-order valence-electron chi connectivity index (χ0n) is 20.7. The van der Waals surface area contributed by atoms with Crippen molar-refractivity contribution in [3.8, 4) is 17.0 Å². The molecule has 2 aliphatic heterocycles. The lowest BCUT2D eigenvalue weighted by Gasteiger charge is -2.34. The molecule has 3 heterocycles. The van der Waals surface area contributed by atoms with Crippen LogP contribution in [-0.4, -0.2) is 47.2 Å². The number of rotatable bonds is 6. The van der Waals surface area contributed by atoms with Crippen LogP contribution in [0.25, 0.3) is 11.3 Å². The van der Waals surface area contributed by atoms with Crippen molar-refractivity contribution in [1.29, 1.82) is 0 Å². The van der Waals surface area contributed by atoms with E-state index in [1.807, 2.05) is 19.9 Å². The van der Waals surface area contributed by atoms with Crippen LogP contribution >= 0.6 is 0 Å². The first-order valence-electron chi connectivity index (χ1n) is 12.8. The summed E-state index contributed by atoms with van der Waals surface area (Å²) < 4.78 is 35.4. The molecule has 6 rings (SSSR count). The van der Waals surface area contributed by atoms with Crippen molar-refractivity contribution in [2.24, 2.45) is 5.92 Å². The number of hydrogen-bond acceptors (Lipinski definition) is 6. The highest BCUT2D eigenvalue weighted by Crippen LogP contribution is 2.39. The quantitative estimate of drug-likeness (QED) is 0.489. The monoisotopic (exact) mass is 491 g/mol. The van der Waals surface area contributed by atoms with Gasteiger partial charge in [0, 0.05) is 36.9 Å². The van der Waals surface area contributed by atoms with Crippen molar-refractivity contribution in [2.75, 3.05) is 36.5 Å².